The Labute approximate surface area is 140 Å². The van der Waals surface area contributed by atoms with Gasteiger partial charge >= 0.3 is 0 Å². The van der Waals surface area contributed by atoms with Gasteiger partial charge in [-0.1, -0.05) is 19.9 Å². The zero-order chi connectivity index (χ0) is 16.6. The number of aliphatic hydroxyl groups is 1. The van der Waals surface area contributed by atoms with Crippen molar-refractivity contribution in [1.82, 2.24) is 4.90 Å². The van der Waals surface area contributed by atoms with Crippen molar-refractivity contribution in [2.24, 2.45) is 28.6 Å². The van der Waals surface area contributed by atoms with E-state index in [0.717, 1.165) is 19.3 Å². The van der Waals surface area contributed by atoms with Gasteiger partial charge in [-0.3, -0.25) is 4.79 Å². The van der Waals surface area contributed by atoms with Gasteiger partial charge in [0, 0.05) is 18.5 Å². The van der Waals surface area contributed by atoms with Crippen LogP contribution in [0.4, 0.5) is 0 Å². The summed E-state index contributed by atoms with van der Waals surface area (Å²) in [6.45, 7) is 6.78. The molecule has 1 aliphatic heterocycles. The third-order valence-corrected chi connectivity index (χ3v) is 8.69. The summed E-state index contributed by atoms with van der Waals surface area (Å²) in [6.07, 6.45) is 10.8. The van der Waals surface area contributed by atoms with Crippen LogP contribution in [-0.2, 0) is 4.79 Å². The quantitative estimate of drug-likeness (QED) is 0.744. The SMILES string of the molecule is CN1C(=O)C=C[C@]2(C)[C@H]3CC[C@@]4(C)[C@@H](CC[C@]4(C)O)[C@@H]3CC[C@@H]12. The Morgan fingerprint density at radius 1 is 1.09 bits per heavy atom. The number of likely N-dealkylation sites (N-methyl/N-ethyl adjacent to an activating group) is 1. The van der Waals surface area contributed by atoms with Crippen molar-refractivity contribution in [3.05, 3.63) is 12.2 Å². The molecule has 0 saturated heterocycles. The molecule has 1 amide bonds. The summed E-state index contributed by atoms with van der Waals surface area (Å²) in [4.78, 5) is 14.1. The second-order valence-electron chi connectivity index (χ2n) is 9.39. The Morgan fingerprint density at radius 2 is 1.78 bits per heavy atom. The van der Waals surface area contributed by atoms with Crippen molar-refractivity contribution in [3.63, 3.8) is 0 Å². The van der Waals surface area contributed by atoms with Gasteiger partial charge in [-0.25, -0.2) is 0 Å². The second-order valence-corrected chi connectivity index (χ2v) is 9.39. The maximum absolute atomic E-state index is 12.1. The van der Waals surface area contributed by atoms with E-state index in [2.05, 4.69) is 26.8 Å². The number of rotatable bonds is 0. The summed E-state index contributed by atoms with van der Waals surface area (Å²) in [5.74, 6) is 2.16. The van der Waals surface area contributed by atoms with Gasteiger partial charge in [0.25, 0.3) is 0 Å². The lowest BCUT2D eigenvalue weighted by molar-refractivity contribution is -0.146. The number of amides is 1. The molecule has 0 radical (unpaired) electrons. The van der Waals surface area contributed by atoms with Crippen LogP contribution in [0, 0.1) is 28.6 Å². The van der Waals surface area contributed by atoms with Crippen LogP contribution in [0.15, 0.2) is 12.2 Å². The highest BCUT2D eigenvalue weighted by molar-refractivity contribution is 5.89. The first-order valence-electron chi connectivity index (χ1n) is 9.39. The molecule has 0 unspecified atom stereocenters. The molecule has 0 bridgehead atoms. The van der Waals surface area contributed by atoms with E-state index >= 15 is 0 Å². The molecule has 1 heterocycles. The van der Waals surface area contributed by atoms with Gasteiger partial charge in [-0.05, 0) is 74.7 Å². The summed E-state index contributed by atoms with van der Waals surface area (Å²) in [6, 6.07) is 0.354. The van der Waals surface area contributed by atoms with Gasteiger partial charge in [-0.2, -0.15) is 0 Å². The molecule has 4 rings (SSSR count). The van der Waals surface area contributed by atoms with Gasteiger partial charge in [0.2, 0.25) is 5.91 Å². The predicted octanol–water partition coefficient (Wildman–Crippen LogP) is 3.38. The molecule has 0 aromatic rings. The maximum Gasteiger partial charge on any atom is 0.246 e. The van der Waals surface area contributed by atoms with Crippen molar-refractivity contribution in [3.8, 4) is 0 Å². The van der Waals surface area contributed by atoms with Gasteiger partial charge in [-0.15, -0.1) is 0 Å². The van der Waals surface area contributed by atoms with Crippen LogP contribution in [0.1, 0.15) is 59.3 Å². The fraction of sp³-hybridized carbons (Fsp3) is 0.850. The number of carbonyl (C=O) groups is 1. The van der Waals surface area contributed by atoms with E-state index in [1.54, 1.807) is 6.08 Å². The molecule has 3 nitrogen and oxygen atoms in total. The van der Waals surface area contributed by atoms with Crippen LogP contribution >= 0.6 is 0 Å². The van der Waals surface area contributed by atoms with Gasteiger partial charge < -0.3 is 10.0 Å². The molecule has 0 aromatic carbocycles. The number of carbonyl (C=O) groups excluding carboxylic acids is 1. The van der Waals surface area contributed by atoms with Crippen molar-refractivity contribution in [2.75, 3.05) is 7.05 Å². The Hall–Kier alpha value is -0.830. The number of fused-ring (bicyclic) bond motifs is 5. The highest BCUT2D eigenvalue weighted by Crippen LogP contribution is 2.66. The highest BCUT2D eigenvalue weighted by atomic mass is 16.3. The molecule has 3 fully saturated rings. The van der Waals surface area contributed by atoms with Gasteiger partial charge in [0.1, 0.15) is 0 Å². The van der Waals surface area contributed by atoms with E-state index in [-0.39, 0.29) is 16.7 Å². The standard InChI is InChI=1S/C20H31NO2/c1-18-10-9-17(22)21(4)16(18)6-5-13-14(18)7-11-19(2)15(13)8-12-20(19,3)23/h9-10,13-16,23H,5-8,11-12H2,1-4H3/t13-,14+,15+,16-,18-,19+,20+/m1/s1. The lowest BCUT2D eigenvalue weighted by Crippen LogP contribution is -2.60. The maximum atomic E-state index is 12.1. The Bertz CT molecular complexity index is 568. The Balaban J connectivity index is 1.70. The monoisotopic (exact) mass is 317 g/mol. The van der Waals surface area contributed by atoms with Crippen molar-refractivity contribution in [1.29, 1.82) is 0 Å². The lowest BCUT2D eigenvalue weighted by Gasteiger charge is -2.60. The average molecular weight is 317 g/mol. The third kappa shape index (κ3) is 1.83. The minimum atomic E-state index is -0.504. The lowest BCUT2D eigenvalue weighted by atomic mass is 9.47. The fourth-order valence-corrected chi connectivity index (χ4v) is 6.98. The second kappa shape index (κ2) is 4.62. The largest absolute Gasteiger partial charge is 0.390 e. The summed E-state index contributed by atoms with van der Waals surface area (Å²) in [5.41, 5.74) is -0.311. The molecule has 3 saturated carbocycles. The normalized spacial score (nSPS) is 55.3. The Kier molecular flexibility index (Phi) is 3.15. The van der Waals surface area contributed by atoms with Crippen LogP contribution in [0.5, 0.6) is 0 Å². The van der Waals surface area contributed by atoms with E-state index in [1.165, 1.54) is 19.3 Å². The minimum absolute atomic E-state index is 0.0808. The smallest absolute Gasteiger partial charge is 0.246 e. The molecule has 23 heavy (non-hydrogen) atoms. The summed E-state index contributed by atoms with van der Waals surface area (Å²) in [7, 11) is 1.97. The third-order valence-electron chi connectivity index (χ3n) is 8.69. The Morgan fingerprint density at radius 3 is 2.52 bits per heavy atom. The van der Waals surface area contributed by atoms with Gasteiger partial charge in [0.15, 0.2) is 0 Å². The summed E-state index contributed by atoms with van der Waals surface area (Å²) < 4.78 is 0. The van der Waals surface area contributed by atoms with E-state index in [1.807, 2.05) is 11.9 Å². The first-order chi connectivity index (χ1) is 10.7. The zero-order valence-corrected chi connectivity index (χ0v) is 15.0. The highest BCUT2D eigenvalue weighted by Gasteiger charge is 2.63. The number of hydrogen-bond donors (Lipinski definition) is 1. The molecule has 0 aromatic heterocycles. The van der Waals surface area contributed by atoms with Crippen molar-refractivity contribution < 1.29 is 9.90 Å². The average Bonchev–Trinajstić information content (AvgIpc) is 2.74. The van der Waals surface area contributed by atoms with E-state index < -0.39 is 5.60 Å². The van der Waals surface area contributed by atoms with E-state index in [4.69, 9.17) is 0 Å². The summed E-state index contributed by atoms with van der Waals surface area (Å²) >= 11 is 0. The molecule has 3 aliphatic carbocycles. The van der Waals surface area contributed by atoms with Crippen LogP contribution in [0.25, 0.3) is 0 Å². The summed E-state index contributed by atoms with van der Waals surface area (Å²) in [5, 5.41) is 10.9. The molecule has 128 valence electrons. The molecule has 7 atom stereocenters. The van der Waals surface area contributed by atoms with Crippen LogP contribution in [0.2, 0.25) is 0 Å². The first-order valence-corrected chi connectivity index (χ1v) is 9.39. The predicted molar refractivity (Wildman–Crippen MR) is 90.7 cm³/mol. The molecular weight excluding hydrogens is 286 g/mol. The van der Waals surface area contributed by atoms with Gasteiger partial charge in [0.05, 0.1) is 5.60 Å². The molecule has 0 spiro atoms. The molecule has 1 N–H and O–H groups in total. The van der Waals surface area contributed by atoms with E-state index in [9.17, 15) is 9.90 Å². The molecule has 4 aliphatic rings. The van der Waals surface area contributed by atoms with E-state index in [0.29, 0.717) is 23.8 Å². The van der Waals surface area contributed by atoms with Crippen LogP contribution in [0.3, 0.4) is 0 Å². The van der Waals surface area contributed by atoms with Crippen LogP contribution in [-0.4, -0.2) is 34.6 Å². The van der Waals surface area contributed by atoms with Crippen molar-refractivity contribution >= 4 is 5.91 Å². The fourth-order valence-electron chi connectivity index (χ4n) is 6.98. The molecule has 3 heteroatoms. The first kappa shape index (κ1) is 15.7. The minimum Gasteiger partial charge on any atom is -0.390 e. The molecular formula is C20H31NO2. The topological polar surface area (TPSA) is 40.5 Å². The zero-order valence-electron chi connectivity index (χ0n) is 15.0. The number of hydrogen-bond acceptors (Lipinski definition) is 2. The van der Waals surface area contributed by atoms with Crippen molar-refractivity contribution in [2.45, 2.75) is 70.9 Å². The van der Waals surface area contributed by atoms with Crippen LogP contribution < -0.4 is 0 Å². The number of nitrogens with zero attached hydrogens (tertiary/aromatic N) is 1.